The Bertz CT molecular complexity index is 1040. The highest BCUT2D eigenvalue weighted by Crippen LogP contribution is 2.35. The van der Waals surface area contributed by atoms with E-state index < -0.39 is 0 Å². The molecule has 3 heterocycles. The Morgan fingerprint density at radius 1 is 1.44 bits per heavy atom. The fraction of sp³-hybridized carbons (Fsp3) is 0.368. The molecule has 0 radical (unpaired) electrons. The van der Waals surface area contributed by atoms with Crippen LogP contribution in [0.15, 0.2) is 22.7 Å². The first-order chi connectivity index (χ1) is 13.0. The molecule has 1 amide bonds. The van der Waals surface area contributed by atoms with E-state index in [0.29, 0.717) is 5.13 Å². The molecule has 4 rings (SSSR count). The number of nitrogens with zero attached hydrogens (tertiary/aromatic N) is 4. The van der Waals surface area contributed by atoms with Gasteiger partial charge in [-0.3, -0.25) is 4.79 Å². The molecule has 138 valence electrons. The molecule has 1 N–H and O–H groups in total. The van der Waals surface area contributed by atoms with Crippen molar-refractivity contribution >= 4 is 32.6 Å². The second kappa shape index (κ2) is 6.76. The summed E-state index contributed by atoms with van der Waals surface area (Å²) < 4.78 is 6.17. The summed E-state index contributed by atoms with van der Waals surface area (Å²) in [5.74, 6) is 0.364. The SMILES string of the molecule is Cc1noc(C)c1-c1ccc2nc(N(C#N)C(=O)[C@H]3CCN[C@H]3C)sc2c1. The van der Waals surface area contributed by atoms with Crippen LogP contribution in [0.5, 0.6) is 0 Å². The first-order valence-electron chi connectivity index (χ1n) is 8.80. The number of nitriles is 1. The lowest BCUT2D eigenvalue weighted by Gasteiger charge is -2.18. The number of anilines is 1. The van der Waals surface area contributed by atoms with E-state index >= 15 is 0 Å². The molecule has 0 unspecified atom stereocenters. The van der Waals surface area contributed by atoms with Gasteiger partial charge in [0.25, 0.3) is 0 Å². The van der Waals surface area contributed by atoms with Crippen LogP contribution < -0.4 is 10.2 Å². The number of hydrogen-bond acceptors (Lipinski definition) is 7. The van der Waals surface area contributed by atoms with E-state index in [9.17, 15) is 10.1 Å². The maximum Gasteiger partial charge on any atom is 0.246 e. The molecule has 1 saturated heterocycles. The molecular weight excluding hydrogens is 362 g/mol. The van der Waals surface area contributed by atoms with Crippen molar-refractivity contribution in [3.05, 3.63) is 29.7 Å². The second-order valence-electron chi connectivity index (χ2n) is 6.79. The molecule has 1 fully saturated rings. The lowest BCUT2D eigenvalue weighted by Crippen LogP contribution is -2.37. The number of carbonyl (C=O) groups excluding carboxylic acids is 1. The van der Waals surface area contributed by atoms with Crippen molar-refractivity contribution in [1.29, 1.82) is 5.26 Å². The molecule has 0 saturated carbocycles. The van der Waals surface area contributed by atoms with Gasteiger partial charge in [0.15, 0.2) is 6.19 Å². The summed E-state index contributed by atoms with van der Waals surface area (Å²) in [5.41, 5.74) is 3.53. The minimum Gasteiger partial charge on any atom is -0.361 e. The second-order valence-corrected chi connectivity index (χ2v) is 7.80. The molecule has 7 nitrogen and oxygen atoms in total. The molecule has 1 aromatic carbocycles. The van der Waals surface area contributed by atoms with Crippen molar-refractivity contribution in [2.45, 2.75) is 33.2 Å². The van der Waals surface area contributed by atoms with Crippen LogP contribution in [0, 0.1) is 31.2 Å². The standard InChI is InChI=1S/C19H19N5O2S/c1-10-14(6-7-21-10)18(25)24(9-20)19-22-15-5-4-13(8-16(15)27-19)17-11(2)23-26-12(17)3/h4-5,8,10,14,21H,6-7H2,1-3H3/t10-,14-/m0/s1. The van der Waals surface area contributed by atoms with E-state index in [4.69, 9.17) is 4.52 Å². The van der Waals surface area contributed by atoms with Gasteiger partial charge >= 0.3 is 0 Å². The van der Waals surface area contributed by atoms with Gasteiger partial charge in [-0.15, -0.1) is 0 Å². The first-order valence-corrected chi connectivity index (χ1v) is 9.62. The van der Waals surface area contributed by atoms with E-state index in [1.165, 1.54) is 11.3 Å². The fourth-order valence-corrected chi connectivity index (χ4v) is 4.57. The van der Waals surface area contributed by atoms with Gasteiger partial charge in [-0.2, -0.15) is 10.2 Å². The van der Waals surface area contributed by atoms with E-state index in [1.54, 1.807) is 0 Å². The molecule has 2 aromatic heterocycles. The van der Waals surface area contributed by atoms with Crippen LogP contribution in [0.3, 0.4) is 0 Å². The van der Waals surface area contributed by atoms with Crippen LogP contribution in [0.4, 0.5) is 5.13 Å². The zero-order valence-corrected chi connectivity index (χ0v) is 16.1. The Hall–Kier alpha value is -2.76. The number of aryl methyl sites for hydroxylation is 2. The number of amides is 1. The Kier molecular flexibility index (Phi) is 4.42. The summed E-state index contributed by atoms with van der Waals surface area (Å²) in [6.45, 7) is 6.54. The summed E-state index contributed by atoms with van der Waals surface area (Å²) in [6.07, 6.45) is 2.75. The van der Waals surface area contributed by atoms with Gasteiger partial charge in [0.1, 0.15) is 5.76 Å². The van der Waals surface area contributed by atoms with Crippen LogP contribution in [-0.4, -0.2) is 28.6 Å². The molecule has 0 bridgehead atoms. The van der Waals surface area contributed by atoms with Crippen LogP contribution >= 0.6 is 11.3 Å². The van der Waals surface area contributed by atoms with Crippen molar-refractivity contribution in [2.75, 3.05) is 11.4 Å². The molecule has 1 aliphatic heterocycles. The highest BCUT2D eigenvalue weighted by atomic mass is 32.1. The number of carbonyl (C=O) groups is 1. The van der Waals surface area contributed by atoms with Crippen molar-refractivity contribution in [1.82, 2.24) is 15.5 Å². The molecule has 0 spiro atoms. The predicted octanol–water partition coefficient (Wildman–Crippen LogP) is 3.38. The number of nitrogens with one attached hydrogen (secondary N) is 1. The van der Waals surface area contributed by atoms with Gasteiger partial charge in [0.2, 0.25) is 11.0 Å². The molecular formula is C19H19N5O2S. The minimum atomic E-state index is -0.200. The quantitative estimate of drug-likeness (QED) is 0.552. The van der Waals surface area contributed by atoms with Crippen LogP contribution in [0.2, 0.25) is 0 Å². The Labute approximate surface area is 160 Å². The topological polar surface area (TPSA) is 95.1 Å². The van der Waals surface area contributed by atoms with Crippen molar-refractivity contribution < 1.29 is 9.32 Å². The number of benzene rings is 1. The molecule has 8 heteroatoms. The van der Waals surface area contributed by atoms with Gasteiger partial charge in [-0.1, -0.05) is 22.6 Å². The monoisotopic (exact) mass is 381 g/mol. The van der Waals surface area contributed by atoms with Crippen molar-refractivity contribution in [2.24, 2.45) is 5.92 Å². The van der Waals surface area contributed by atoms with E-state index in [2.05, 4.69) is 15.5 Å². The third-order valence-electron chi connectivity index (χ3n) is 5.05. The van der Waals surface area contributed by atoms with E-state index in [0.717, 1.165) is 50.7 Å². The Morgan fingerprint density at radius 3 is 2.89 bits per heavy atom. The van der Waals surface area contributed by atoms with Gasteiger partial charge in [-0.05, 0) is 51.4 Å². The average molecular weight is 381 g/mol. The zero-order chi connectivity index (χ0) is 19.1. The van der Waals surface area contributed by atoms with Gasteiger partial charge in [0, 0.05) is 11.6 Å². The Balaban J connectivity index is 1.71. The lowest BCUT2D eigenvalue weighted by molar-refractivity contribution is -0.121. The first kappa shape index (κ1) is 17.6. The van der Waals surface area contributed by atoms with Crippen LogP contribution in [0.1, 0.15) is 24.8 Å². The van der Waals surface area contributed by atoms with Gasteiger partial charge in [-0.25, -0.2) is 4.98 Å². The third kappa shape index (κ3) is 2.99. The molecule has 27 heavy (non-hydrogen) atoms. The summed E-state index contributed by atoms with van der Waals surface area (Å²) >= 11 is 1.34. The van der Waals surface area contributed by atoms with Crippen molar-refractivity contribution in [3.8, 4) is 17.3 Å². The summed E-state index contributed by atoms with van der Waals surface area (Å²) in [7, 11) is 0. The van der Waals surface area contributed by atoms with Gasteiger partial charge in [0.05, 0.1) is 21.8 Å². The average Bonchev–Trinajstić information content (AvgIpc) is 3.33. The number of fused-ring (bicyclic) bond motifs is 1. The molecule has 0 aliphatic carbocycles. The molecule has 1 aliphatic rings. The summed E-state index contributed by atoms with van der Waals surface area (Å²) in [4.78, 5) is 18.5. The maximum atomic E-state index is 12.8. The predicted molar refractivity (Wildman–Crippen MR) is 103 cm³/mol. The summed E-state index contributed by atoms with van der Waals surface area (Å²) in [6, 6.07) is 5.92. The fourth-order valence-electron chi connectivity index (χ4n) is 3.61. The van der Waals surface area contributed by atoms with E-state index in [1.807, 2.05) is 45.2 Å². The van der Waals surface area contributed by atoms with Crippen LogP contribution in [0.25, 0.3) is 21.3 Å². The maximum absolute atomic E-state index is 12.8. The lowest BCUT2D eigenvalue weighted by atomic mass is 10.0. The smallest absolute Gasteiger partial charge is 0.246 e. The normalized spacial score (nSPS) is 19.3. The summed E-state index contributed by atoms with van der Waals surface area (Å²) in [5, 5.41) is 17.2. The molecule has 2 atom stereocenters. The number of aromatic nitrogens is 2. The third-order valence-corrected chi connectivity index (χ3v) is 6.06. The number of thiazole rings is 1. The zero-order valence-electron chi connectivity index (χ0n) is 15.3. The largest absolute Gasteiger partial charge is 0.361 e. The number of hydrogen-bond donors (Lipinski definition) is 1. The Morgan fingerprint density at radius 2 is 2.26 bits per heavy atom. The highest BCUT2D eigenvalue weighted by Gasteiger charge is 2.34. The van der Waals surface area contributed by atoms with E-state index in [-0.39, 0.29) is 17.9 Å². The number of rotatable bonds is 3. The van der Waals surface area contributed by atoms with Crippen molar-refractivity contribution in [3.63, 3.8) is 0 Å². The highest BCUT2D eigenvalue weighted by molar-refractivity contribution is 7.22. The minimum absolute atomic E-state index is 0.0638. The van der Waals surface area contributed by atoms with Gasteiger partial charge < -0.3 is 9.84 Å². The van der Waals surface area contributed by atoms with Crippen LogP contribution in [-0.2, 0) is 4.79 Å². The molecule has 3 aromatic rings.